The number of hydrogen-bond acceptors (Lipinski definition) is 4. The molecule has 2 aromatic rings. The van der Waals surface area contributed by atoms with Crippen LogP contribution in [0.5, 0.6) is 0 Å². The molecule has 2 aromatic carbocycles. The lowest BCUT2D eigenvalue weighted by atomic mass is 9.72. The Hall–Kier alpha value is -3.96. The summed E-state index contributed by atoms with van der Waals surface area (Å²) in [6.07, 6.45) is 0. The first kappa shape index (κ1) is 23.3. The van der Waals surface area contributed by atoms with Crippen LogP contribution in [0.1, 0.15) is 66.4 Å². The highest BCUT2D eigenvalue weighted by atomic mass is 19.2. The van der Waals surface area contributed by atoms with Crippen molar-refractivity contribution >= 4 is 23.9 Å². The van der Waals surface area contributed by atoms with E-state index < -0.39 is 85.9 Å². The Morgan fingerprint density at radius 2 is 1.13 bits per heavy atom. The maximum absolute atomic E-state index is 14.8. The lowest BCUT2D eigenvalue weighted by Gasteiger charge is -2.31. The SMILES string of the molecule is CC(C)(c1c(F)ccc(C(=O)O)c1C(=O)O)c1c(F)c(F)c(F)c(C(=O)O)c1C(=O)O. The summed E-state index contributed by atoms with van der Waals surface area (Å²) >= 11 is 0. The first-order valence-electron chi connectivity index (χ1n) is 8.13. The van der Waals surface area contributed by atoms with Crippen molar-refractivity contribution in [3.63, 3.8) is 0 Å². The van der Waals surface area contributed by atoms with Gasteiger partial charge >= 0.3 is 23.9 Å². The van der Waals surface area contributed by atoms with Gasteiger partial charge in [-0.1, -0.05) is 13.8 Å². The molecule has 0 aliphatic carbocycles. The van der Waals surface area contributed by atoms with Crippen LogP contribution in [-0.2, 0) is 5.41 Å². The minimum atomic E-state index is -2.50. The Bertz CT molecular complexity index is 1170. The van der Waals surface area contributed by atoms with Crippen LogP contribution in [0.4, 0.5) is 17.6 Å². The van der Waals surface area contributed by atoms with Gasteiger partial charge in [-0.2, -0.15) is 0 Å². The third kappa shape index (κ3) is 3.56. The van der Waals surface area contributed by atoms with Gasteiger partial charge in [0.2, 0.25) is 0 Å². The Labute approximate surface area is 170 Å². The average Bonchev–Trinajstić information content (AvgIpc) is 2.63. The molecule has 12 heteroatoms. The Morgan fingerprint density at radius 1 is 0.645 bits per heavy atom. The lowest BCUT2D eigenvalue weighted by Crippen LogP contribution is -2.32. The normalized spacial score (nSPS) is 11.3. The largest absolute Gasteiger partial charge is 0.478 e. The molecule has 0 heterocycles. The van der Waals surface area contributed by atoms with E-state index in [4.69, 9.17) is 5.11 Å². The van der Waals surface area contributed by atoms with Crippen LogP contribution < -0.4 is 0 Å². The van der Waals surface area contributed by atoms with Gasteiger partial charge in [-0.05, 0) is 12.1 Å². The van der Waals surface area contributed by atoms with Crippen molar-refractivity contribution in [2.24, 2.45) is 0 Å². The molecule has 0 atom stereocenters. The minimum absolute atomic E-state index is 0.503. The molecule has 4 N–H and O–H groups in total. The molecule has 0 aliphatic heterocycles. The fourth-order valence-corrected chi connectivity index (χ4v) is 3.38. The van der Waals surface area contributed by atoms with E-state index in [0.29, 0.717) is 12.1 Å². The number of aromatic carboxylic acids is 4. The van der Waals surface area contributed by atoms with E-state index in [2.05, 4.69) is 0 Å². The zero-order chi connectivity index (χ0) is 24.0. The second-order valence-electron chi connectivity index (χ2n) is 6.76. The molecule has 0 aromatic heterocycles. The van der Waals surface area contributed by atoms with Gasteiger partial charge in [0, 0.05) is 16.5 Å². The third-order valence-corrected chi connectivity index (χ3v) is 4.60. The van der Waals surface area contributed by atoms with Crippen LogP contribution in [0.3, 0.4) is 0 Å². The summed E-state index contributed by atoms with van der Waals surface area (Å²) in [6, 6.07) is 1.09. The fourth-order valence-electron chi connectivity index (χ4n) is 3.38. The molecule has 0 spiro atoms. The van der Waals surface area contributed by atoms with E-state index in [1.165, 1.54) is 0 Å². The second kappa shape index (κ2) is 7.70. The quantitative estimate of drug-likeness (QED) is 0.391. The molecule has 2 rings (SSSR count). The first-order chi connectivity index (χ1) is 14.2. The average molecular weight is 444 g/mol. The van der Waals surface area contributed by atoms with Crippen LogP contribution in [0.2, 0.25) is 0 Å². The molecule has 0 radical (unpaired) electrons. The van der Waals surface area contributed by atoms with Gasteiger partial charge in [0.1, 0.15) is 11.4 Å². The van der Waals surface area contributed by atoms with Crippen LogP contribution in [0.15, 0.2) is 12.1 Å². The van der Waals surface area contributed by atoms with Crippen molar-refractivity contribution in [2.75, 3.05) is 0 Å². The van der Waals surface area contributed by atoms with Crippen LogP contribution in [-0.4, -0.2) is 44.3 Å². The fraction of sp³-hybridized carbons (Fsp3) is 0.158. The Kier molecular flexibility index (Phi) is 5.79. The number of carboxylic acids is 4. The van der Waals surface area contributed by atoms with Gasteiger partial charge in [0.25, 0.3) is 0 Å². The predicted molar refractivity (Wildman–Crippen MR) is 92.7 cm³/mol. The van der Waals surface area contributed by atoms with Crippen LogP contribution >= 0.6 is 0 Å². The van der Waals surface area contributed by atoms with E-state index in [1.54, 1.807) is 0 Å². The van der Waals surface area contributed by atoms with Gasteiger partial charge in [-0.15, -0.1) is 0 Å². The predicted octanol–water partition coefficient (Wildman–Crippen LogP) is 3.36. The van der Waals surface area contributed by atoms with Crippen molar-refractivity contribution in [3.05, 3.63) is 68.8 Å². The van der Waals surface area contributed by atoms with E-state index in [0.717, 1.165) is 13.8 Å². The van der Waals surface area contributed by atoms with Crippen LogP contribution in [0.25, 0.3) is 0 Å². The first-order valence-corrected chi connectivity index (χ1v) is 8.13. The highest BCUT2D eigenvalue weighted by Crippen LogP contribution is 2.42. The molecule has 0 aliphatic rings. The number of carbonyl (C=O) groups is 4. The molecule has 0 unspecified atom stereocenters. The number of halogens is 4. The maximum atomic E-state index is 14.8. The second-order valence-corrected chi connectivity index (χ2v) is 6.76. The summed E-state index contributed by atoms with van der Waals surface area (Å²) in [6.45, 7) is 1.61. The topological polar surface area (TPSA) is 149 Å². The Morgan fingerprint density at radius 3 is 1.55 bits per heavy atom. The number of rotatable bonds is 6. The van der Waals surface area contributed by atoms with Crippen molar-refractivity contribution in [2.45, 2.75) is 19.3 Å². The molecule has 31 heavy (non-hydrogen) atoms. The lowest BCUT2D eigenvalue weighted by molar-refractivity contribution is 0.0641. The molecule has 0 saturated heterocycles. The van der Waals surface area contributed by atoms with Gasteiger partial charge in [0.05, 0.1) is 16.7 Å². The number of carboxylic acid groups (broad SMARTS) is 4. The summed E-state index contributed by atoms with van der Waals surface area (Å²) < 4.78 is 57.7. The maximum Gasteiger partial charge on any atom is 0.339 e. The summed E-state index contributed by atoms with van der Waals surface area (Å²) in [5.74, 6) is -16.7. The summed E-state index contributed by atoms with van der Waals surface area (Å²) in [5.41, 5.74) is -10.5. The number of hydrogen-bond donors (Lipinski definition) is 4. The van der Waals surface area contributed by atoms with Gasteiger partial charge in [-0.3, -0.25) is 0 Å². The molecule has 164 valence electrons. The molecule has 0 saturated carbocycles. The van der Waals surface area contributed by atoms with Crippen molar-refractivity contribution in [1.29, 1.82) is 0 Å². The molecular weight excluding hydrogens is 432 g/mol. The Balaban J connectivity index is 3.18. The molecular formula is C19H12F4O8. The zero-order valence-corrected chi connectivity index (χ0v) is 15.6. The van der Waals surface area contributed by atoms with E-state index in [1.807, 2.05) is 0 Å². The third-order valence-electron chi connectivity index (χ3n) is 4.60. The molecule has 8 nitrogen and oxygen atoms in total. The van der Waals surface area contributed by atoms with Gasteiger partial charge < -0.3 is 20.4 Å². The smallest absolute Gasteiger partial charge is 0.339 e. The summed E-state index contributed by atoms with van der Waals surface area (Å²) in [4.78, 5) is 46.2. The minimum Gasteiger partial charge on any atom is -0.478 e. The van der Waals surface area contributed by atoms with E-state index >= 15 is 0 Å². The highest BCUT2D eigenvalue weighted by molar-refractivity contribution is 6.05. The van der Waals surface area contributed by atoms with Crippen LogP contribution in [0, 0.1) is 23.3 Å². The summed E-state index contributed by atoms with van der Waals surface area (Å²) in [7, 11) is 0. The highest BCUT2D eigenvalue weighted by Gasteiger charge is 2.43. The number of benzene rings is 2. The van der Waals surface area contributed by atoms with E-state index in [9.17, 15) is 52.1 Å². The van der Waals surface area contributed by atoms with Gasteiger partial charge in [-0.25, -0.2) is 36.7 Å². The van der Waals surface area contributed by atoms with E-state index in [-0.39, 0.29) is 0 Å². The molecule has 0 bridgehead atoms. The summed E-state index contributed by atoms with van der Waals surface area (Å²) in [5, 5.41) is 37.2. The zero-order valence-electron chi connectivity index (χ0n) is 15.6. The van der Waals surface area contributed by atoms with Crippen molar-refractivity contribution < 1.29 is 57.2 Å². The molecule has 0 amide bonds. The van der Waals surface area contributed by atoms with Crippen molar-refractivity contribution in [1.82, 2.24) is 0 Å². The van der Waals surface area contributed by atoms with Crippen molar-refractivity contribution in [3.8, 4) is 0 Å². The van der Waals surface area contributed by atoms with Gasteiger partial charge in [0.15, 0.2) is 17.5 Å². The standard InChI is InChI=1S/C19H12F4O8/c1-19(2,10-6(20)4-3-5(15(24)25)7(10)16(26)27)11-8(17(28)29)9(18(30)31)12(21)14(23)13(11)22/h3-4H,1-2H3,(H,24,25)(H,26,27)(H,28,29)(H,30,31). The monoisotopic (exact) mass is 444 g/mol. The molecule has 0 fully saturated rings.